The molecule has 5 nitrogen and oxygen atoms in total. The van der Waals surface area contributed by atoms with Crippen molar-refractivity contribution in [2.45, 2.75) is 77.9 Å². The van der Waals surface area contributed by atoms with Gasteiger partial charge in [0.15, 0.2) is 0 Å². The van der Waals surface area contributed by atoms with Crippen LogP contribution in [0.25, 0.3) is 0 Å². The molecule has 1 spiro atoms. The first-order valence-corrected chi connectivity index (χ1v) is 8.34. The van der Waals surface area contributed by atoms with Crippen LogP contribution in [0, 0.1) is 5.41 Å². The fourth-order valence-corrected chi connectivity index (χ4v) is 3.55. The van der Waals surface area contributed by atoms with Gasteiger partial charge < -0.3 is 14.4 Å². The summed E-state index contributed by atoms with van der Waals surface area (Å²) >= 11 is 0. The average molecular weight is 311 g/mol. The van der Waals surface area contributed by atoms with Gasteiger partial charge in [0.1, 0.15) is 11.7 Å². The summed E-state index contributed by atoms with van der Waals surface area (Å²) in [5.41, 5.74) is -0.108. The van der Waals surface area contributed by atoms with Gasteiger partial charge in [-0.2, -0.15) is 0 Å². The van der Waals surface area contributed by atoms with Crippen molar-refractivity contribution >= 4 is 12.1 Å². The van der Waals surface area contributed by atoms with E-state index in [1.165, 1.54) is 6.92 Å². The summed E-state index contributed by atoms with van der Waals surface area (Å²) in [6.07, 6.45) is 6.03. The topological polar surface area (TPSA) is 55.8 Å². The summed E-state index contributed by atoms with van der Waals surface area (Å²) in [6, 6.07) is 0. The number of esters is 1. The molecule has 1 amide bonds. The summed E-state index contributed by atoms with van der Waals surface area (Å²) in [6.45, 7) is 8.70. The molecule has 1 heterocycles. The van der Waals surface area contributed by atoms with Crippen molar-refractivity contribution in [2.24, 2.45) is 5.41 Å². The maximum Gasteiger partial charge on any atom is 0.410 e. The van der Waals surface area contributed by atoms with E-state index in [1.54, 1.807) is 0 Å². The van der Waals surface area contributed by atoms with E-state index >= 15 is 0 Å². The van der Waals surface area contributed by atoms with Crippen LogP contribution in [-0.2, 0) is 14.3 Å². The predicted octanol–water partition coefficient (Wildman–Crippen LogP) is 3.51. The van der Waals surface area contributed by atoms with Crippen LogP contribution in [0.5, 0.6) is 0 Å². The molecular weight excluding hydrogens is 282 g/mol. The summed E-state index contributed by atoms with van der Waals surface area (Å²) in [7, 11) is 0. The van der Waals surface area contributed by atoms with Gasteiger partial charge in [-0.3, -0.25) is 4.79 Å². The smallest absolute Gasteiger partial charge is 0.410 e. The normalized spacial score (nSPS) is 22.5. The van der Waals surface area contributed by atoms with Crippen molar-refractivity contribution in [3.63, 3.8) is 0 Å². The summed E-state index contributed by atoms with van der Waals surface area (Å²) < 4.78 is 10.8. The minimum atomic E-state index is -0.436. The van der Waals surface area contributed by atoms with Crippen LogP contribution in [0.3, 0.4) is 0 Å². The van der Waals surface area contributed by atoms with Crippen LogP contribution in [0.4, 0.5) is 4.79 Å². The van der Waals surface area contributed by atoms with E-state index in [4.69, 9.17) is 9.47 Å². The summed E-state index contributed by atoms with van der Waals surface area (Å²) in [5.74, 6) is -0.180. The lowest BCUT2D eigenvalue weighted by Gasteiger charge is -2.45. The number of nitrogens with zero attached hydrogens (tertiary/aromatic N) is 1. The lowest BCUT2D eigenvalue weighted by Crippen LogP contribution is -2.46. The molecule has 2 rings (SSSR count). The van der Waals surface area contributed by atoms with E-state index in [1.807, 2.05) is 25.7 Å². The number of hydrogen-bond donors (Lipinski definition) is 0. The Labute approximate surface area is 133 Å². The first kappa shape index (κ1) is 17.1. The minimum absolute atomic E-state index is 0.0898. The van der Waals surface area contributed by atoms with Gasteiger partial charge in [0.05, 0.1) is 0 Å². The van der Waals surface area contributed by atoms with E-state index in [-0.39, 0.29) is 18.2 Å². The molecule has 1 aliphatic heterocycles. The molecule has 2 fully saturated rings. The molecule has 0 bridgehead atoms. The molecular formula is C17H29NO4. The minimum Gasteiger partial charge on any atom is -0.463 e. The highest BCUT2D eigenvalue weighted by molar-refractivity contribution is 5.68. The lowest BCUT2D eigenvalue weighted by atomic mass is 9.67. The van der Waals surface area contributed by atoms with Crippen molar-refractivity contribution in [3.05, 3.63) is 0 Å². The van der Waals surface area contributed by atoms with E-state index < -0.39 is 5.60 Å². The van der Waals surface area contributed by atoms with Gasteiger partial charge in [0.25, 0.3) is 0 Å². The third-order valence-electron chi connectivity index (χ3n) is 4.80. The zero-order chi connectivity index (χ0) is 16.4. The highest BCUT2D eigenvalue weighted by Gasteiger charge is 2.40. The second-order valence-electron chi connectivity index (χ2n) is 7.78. The van der Waals surface area contributed by atoms with Crippen LogP contribution in [0.15, 0.2) is 0 Å². The van der Waals surface area contributed by atoms with Crippen molar-refractivity contribution in [1.29, 1.82) is 0 Å². The Morgan fingerprint density at radius 2 is 1.59 bits per heavy atom. The Hall–Kier alpha value is -1.26. The molecule has 0 aromatic rings. The van der Waals surface area contributed by atoms with Gasteiger partial charge in [-0.15, -0.1) is 0 Å². The Balaban J connectivity index is 1.80. The zero-order valence-electron chi connectivity index (χ0n) is 14.3. The molecule has 1 aliphatic carbocycles. The number of piperidine rings is 1. The predicted molar refractivity (Wildman–Crippen MR) is 83.5 cm³/mol. The number of rotatable bonds is 1. The fraction of sp³-hybridized carbons (Fsp3) is 0.882. The molecule has 0 aromatic carbocycles. The van der Waals surface area contributed by atoms with E-state index in [2.05, 4.69) is 0 Å². The van der Waals surface area contributed by atoms with Crippen LogP contribution in [0.2, 0.25) is 0 Å². The van der Waals surface area contributed by atoms with Gasteiger partial charge >= 0.3 is 12.1 Å². The number of carbonyl (C=O) groups is 2. The van der Waals surface area contributed by atoms with Crippen molar-refractivity contribution in [3.8, 4) is 0 Å². The van der Waals surface area contributed by atoms with E-state index in [9.17, 15) is 9.59 Å². The Morgan fingerprint density at radius 3 is 2.05 bits per heavy atom. The first-order chi connectivity index (χ1) is 10.2. The van der Waals surface area contributed by atoms with Crippen LogP contribution in [0.1, 0.15) is 66.2 Å². The second-order valence-corrected chi connectivity index (χ2v) is 7.78. The quantitative estimate of drug-likeness (QED) is 0.695. The standard InChI is InChI=1S/C17H29NO4/c1-13(19)21-14-5-7-17(8-6-14)9-11-18(12-10-17)15(20)22-16(2,3)4/h14H,5-12H2,1-4H3. The van der Waals surface area contributed by atoms with E-state index in [0.29, 0.717) is 5.41 Å². The molecule has 0 atom stereocenters. The summed E-state index contributed by atoms with van der Waals surface area (Å²) in [5, 5.41) is 0. The van der Waals surface area contributed by atoms with Crippen LogP contribution >= 0.6 is 0 Å². The SMILES string of the molecule is CC(=O)OC1CCC2(CC1)CCN(C(=O)OC(C)(C)C)CC2. The zero-order valence-corrected chi connectivity index (χ0v) is 14.3. The molecule has 126 valence electrons. The Kier molecular flexibility index (Phi) is 5.03. The van der Waals surface area contributed by atoms with Crippen LogP contribution < -0.4 is 0 Å². The van der Waals surface area contributed by atoms with Gasteiger partial charge in [0, 0.05) is 20.0 Å². The van der Waals surface area contributed by atoms with Gasteiger partial charge in [-0.05, 0) is 64.7 Å². The highest BCUT2D eigenvalue weighted by Crippen LogP contribution is 2.45. The Bertz CT molecular complexity index is 409. The second kappa shape index (κ2) is 6.47. The third kappa shape index (κ3) is 4.62. The third-order valence-corrected chi connectivity index (χ3v) is 4.80. The molecule has 5 heteroatoms. The first-order valence-electron chi connectivity index (χ1n) is 8.34. The lowest BCUT2D eigenvalue weighted by molar-refractivity contribution is -0.149. The number of hydrogen-bond acceptors (Lipinski definition) is 4. The maximum absolute atomic E-state index is 12.1. The molecule has 22 heavy (non-hydrogen) atoms. The fourth-order valence-electron chi connectivity index (χ4n) is 3.55. The van der Waals surface area contributed by atoms with Crippen LogP contribution in [-0.4, -0.2) is 41.8 Å². The van der Waals surface area contributed by atoms with Crippen molar-refractivity contribution < 1.29 is 19.1 Å². The van der Waals surface area contributed by atoms with Crippen molar-refractivity contribution in [2.75, 3.05) is 13.1 Å². The molecule has 1 saturated heterocycles. The number of carbonyl (C=O) groups excluding carboxylic acids is 2. The summed E-state index contributed by atoms with van der Waals surface area (Å²) in [4.78, 5) is 25.0. The van der Waals surface area contributed by atoms with Gasteiger partial charge in [0.2, 0.25) is 0 Å². The molecule has 0 aromatic heterocycles. The number of amides is 1. The van der Waals surface area contributed by atoms with Gasteiger partial charge in [-0.1, -0.05) is 0 Å². The molecule has 0 unspecified atom stereocenters. The van der Waals surface area contributed by atoms with E-state index in [0.717, 1.165) is 51.6 Å². The number of likely N-dealkylation sites (tertiary alicyclic amines) is 1. The highest BCUT2D eigenvalue weighted by atomic mass is 16.6. The molecule has 0 radical (unpaired) electrons. The molecule has 0 N–H and O–H groups in total. The van der Waals surface area contributed by atoms with Crippen molar-refractivity contribution in [1.82, 2.24) is 4.90 Å². The Morgan fingerprint density at radius 1 is 1.05 bits per heavy atom. The largest absolute Gasteiger partial charge is 0.463 e. The molecule has 1 saturated carbocycles. The van der Waals surface area contributed by atoms with Gasteiger partial charge in [-0.25, -0.2) is 4.79 Å². The average Bonchev–Trinajstić information content (AvgIpc) is 2.40. The number of ether oxygens (including phenoxy) is 2. The monoisotopic (exact) mass is 311 g/mol. The maximum atomic E-state index is 12.1. The molecule has 2 aliphatic rings.